The van der Waals surface area contributed by atoms with Gasteiger partial charge in [0.05, 0.1) is 0 Å². The number of hydrogen-bond acceptors (Lipinski definition) is 9. The molecule has 0 aromatic carbocycles. The van der Waals surface area contributed by atoms with Gasteiger partial charge in [-0.3, -0.25) is 28.8 Å². The number of carbonyl (C=O) groups is 6. The van der Waals surface area contributed by atoms with Crippen LogP contribution in [-0.2, 0) is 28.8 Å². The minimum atomic E-state index is -1.02. The highest BCUT2D eigenvalue weighted by Crippen LogP contribution is 2.14. The number of nitrogens with one attached hydrogen (secondary N) is 6. The van der Waals surface area contributed by atoms with E-state index in [9.17, 15) is 28.8 Å². The van der Waals surface area contributed by atoms with Crippen LogP contribution < -0.4 is 49.1 Å². The van der Waals surface area contributed by atoms with Crippen molar-refractivity contribution >= 4 is 35.4 Å². The van der Waals surface area contributed by atoms with Crippen LogP contribution in [0.3, 0.4) is 0 Å². The highest BCUT2D eigenvalue weighted by Gasteiger charge is 2.35. The molecule has 0 radical (unpaired) electrons. The summed E-state index contributed by atoms with van der Waals surface area (Å²) >= 11 is 0. The molecule has 0 unspecified atom stereocenters. The fourth-order valence-corrected chi connectivity index (χ4v) is 6.03. The summed E-state index contributed by atoms with van der Waals surface area (Å²) in [5.41, 5.74) is 17.2. The van der Waals surface area contributed by atoms with E-state index in [0.717, 1.165) is 0 Å². The van der Waals surface area contributed by atoms with Gasteiger partial charge in [0.2, 0.25) is 35.4 Å². The Labute approximate surface area is 305 Å². The van der Waals surface area contributed by atoms with Crippen molar-refractivity contribution in [2.45, 2.75) is 155 Å². The van der Waals surface area contributed by atoms with Crippen LogP contribution in [0.2, 0.25) is 0 Å². The second kappa shape index (κ2) is 24.8. The molecule has 0 saturated carbocycles. The van der Waals surface area contributed by atoms with E-state index in [1.807, 2.05) is 41.5 Å². The van der Waals surface area contributed by atoms with Crippen LogP contribution in [0.5, 0.6) is 0 Å². The zero-order valence-corrected chi connectivity index (χ0v) is 32.0. The van der Waals surface area contributed by atoms with Gasteiger partial charge in [-0.25, -0.2) is 0 Å². The second-order valence-corrected chi connectivity index (χ2v) is 15.1. The summed E-state index contributed by atoms with van der Waals surface area (Å²) in [4.78, 5) is 83.0. The summed E-state index contributed by atoms with van der Waals surface area (Å²) in [5, 5.41) is 17.0. The first-order valence-electron chi connectivity index (χ1n) is 19.1. The topological polar surface area (TPSA) is 253 Å². The smallest absolute Gasteiger partial charge is 0.243 e. The molecule has 294 valence electrons. The maximum atomic E-state index is 13.8. The molecule has 1 heterocycles. The highest BCUT2D eigenvalue weighted by molar-refractivity contribution is 5.98. The first-order chi connectivity index (χ1) is 24.1. The summed E-state index contributed by atoms with van der Waals surface area (Å²) < 4.78 is 0. The maximum Gasteiger partial charge on any atom is 0.243 e. The van der Waals surface area contributed by atoms with Crippen LogP contribution in [0.25, 0.3) is 0 Å². The number of carbonyl (C=O) groups excluding carboxylic acids is 6. The Balaban J connectivity index is 3.75. The zero-order chi connectivity index (χ0) is 38.5. The van der Waals surface area contributed by atoms with Gasteiger partial charge in [-0.05, 0) is 114 Å². The average molecular weight is 724 g/mol. The van der Waals surface area contributed by atoms with Crippen LogP contribution in [0.4, 0.5) is 0 Å². The number of amides is 6. The molecule has 1 aliphatic heterocycles. The second-order valence-electron chi connectivity index (χ2n) is 15.1. The van der Waals surface area contributed by atoms with Crippen molar-refractivity contribution in [3.05, 3.63) is 0 Å². The number of nitrogens with two attached hydrogens (primary N) is 3. The van der Waals surface area contributed by atoms with Gasteiger partial charge in [-0.1, -0.05) is 41.5 Å². The lowest BCUT2D eigenvalue weighted by Crippen LogP contribution is -2.61. The minimum Gasteiger partial charge on any atom is -0.343 e. The lowest BCUT2D eigenvalue weighted by molar-refractivity contribution is -0.137. The van der Waals surface area contributed by atoms with Gasteiger partial charge < -0.3 is 49.1 Å². The van der Waals surface area contributed by atoms with Crippen molar-refractivity contribution < 1.29 is 28.8 Å². The van der Waals surface area contributed by atoms with Gasteiger partial charge in [-0.2, -0.15) is 0 Å². The van der Waals surface area contributed by atoms with Gasteiger partial charge in [0, 0.05) is 0 Å². The zero-order valence-electron chi connectivity index (χ0n) is 32.0. The van der Waals surface area contributed by atoms with E-state index >= 15 is 0 Å². The Morgan fingerprint density at radius 1 is 0.373 bits per heavy atom. The van der Waals surface area contributed by atoms with Gasteiger partial charge in [0.15, 0.2) is 0 Å². The van der Waals surface area contributed by atoms with E-state index in [1.165, 1.54) is 0 Å². The lowest BCUT2D eigenvalue weighted by atomic mass is 9.98. The third kappa shape index (κ3) is 18.2. The molecule has 15 nitrogen and oxygen atoms in total. The molecule has 0 bridgehead atoms. The maximum absolute atomic E-state index is 13.8. The summed E-state index contributed by atoms with van der Waals surface area (Å²) in [6, 6.07) is -6.08. The summed E-state index contributed by atoms with van der Waals surface area (Å²) in [6.07, 6.45) is 5.03. The summed E-state index contributed by atoms with van der Waals surface area (Å²) in [5.74, 6) is -3.31. The van der Waals surface area contributed by atoms with E-state index in [-0.39, 0.29) is 56.3 Å². The molecule has 6 amide bonds. The van der Waals surface area contributed by atoms with Crippen molar-refractivity contribution in [3.63, 3.8) is 0 Å². The molecule has 51 heavy (non-hydrogen) atoms. The van der Waals surface area contributed by atoms with Crippen molar-refractivity contribution in [1.82, 2.24) is 31.9 Å². The van der Waals surface area contributed by atoms with Crippen LogP contribution in [0, 0.1) is 17.8 Å². The Morgan fingerprint density at radius 3 is 0.765 bits per heavy atom. The molecule has 0 aromatic heterocycles. The molecule has 15 heteroatoms. The van der Waals surface area contributed by atoms with Gasteiger partial charge in [0.25, 0.3) is 0 Å². The third-order valence-corrected chi connectivity index (χ3v) is 8.76. The van der Waals surface area contributed by atoms with Crippen LogP contribution in [0.1, 0.15) is 119 Å². The van der Waals surface area contributed by atoms with Gasteiger partial charge in [-0.15, -0.1) is 0 Å². The van der Waals surface area contributed by atoms with Gasteiger partial charge >= 0.3 is 0 Å². The quantitative estimate of drug-likeness (QED) is 0.0888. The van der Waals surface area contributed by atoms with Crippen molar-refractivity contribution in [2.24, 2.45) is 35.0 Å². The van der Waals surface area contributed by atoms with E-state index in [1.54, 1.807) is 0 Å². The largest absolute Gasteiger partial charge is 0.343 e. The molecule has 12 N–H and O–H groups in total. The molecule has 0 spiro atoms. The first kappa shape index (κ1) is 45.7. The third-order valence-electron chi connectivity index (χ3n) is 8.76. The average Bonchev–Trinajstić information content (AvgIpc) is 3.04. The molecular formula is C36H69N9O6. The van der Waals surface area contributed by atoms with E-state index in [2.05, 4.69) is 31.9 Å². The number of unbranched alkanes of at least 4 members (excludes halogenated alkanes) is 3. The Hall–Kier alpha value is -3.30. The number of rotatable bonds is 18. The Kier molecular flexibility index (Phi) is 22.2. The molecule has 6 atom stereocenters. The van der Waals surface area contributed by atoms with Gasteiger partial charge in [0.1, 0.15) is 36.3 Å². The summed E-state index contributed by atoms with van der Waals surface area (Å²) in [6.45, 7) is 12.7. The molecule has 0 aliphatic carbocycles. The molecule has 0 aromatic rings. The van der Waals surface area contributed by atoms with E-state index < -0.39 is 71.7 Å². The minimum absolute atomic E-state index is 0.00347. The predicted octanol–water partition coefficient (Wildman–Crippen LogP) is 0.434. The predicted molar refractivity (Wildman–Crippen MR) is 199 cm³/mol. The van der Waals surface area contributed by atoms with E-state index in [0.29, 0.717) is 58.2 Å². The highest BCUT2D eigenvalue weighted by atomic mass is 16.2. The molecule has 1 rings (SSSR count). The normalized spacial score (nSPS) is 24.7. The van der Waals surface area contributed by atoms with Crippen LogP contribution in [0.15, 0.2) is 0 Å². The molecule has 1 fully saturated rings. The molecule has 1 saturated heterocycles. The van der Waals surface area contributed by atoms with Crippen molar-refractivity contribution in [3.8, 4) is 0 Å². The molecular weight excluding hydrogens is 654 g/mol. The van der Waals surface area contributed by atoms with Crippen LogP contribution in [-0.4, -0.2) is 91.3 Å². The fraction of sp³-hybridized carbons (Fsp3) is 0.833. The Bertz CT molecular complexity index is 970. The molecule has 1 aliphatic rings. The first-order valence-corrected chi connectivity index (χ1v) is 19.1. The fourth-order valence-electron chi connectivity index (χ4n) is 6.03. The van der Waals surface area contributed by atoms with E-state index in [4.69, 9.17) is 17.2 Å². The van der Waals surface area contributed by atoms with Crippen LogP contribution >= 0.6 is 0 Å². The lowest BCUT2D eigenvalue weighted by Gasteiger charge is -2.30. The standard InChI is InChI=1S/C36H69N9O6/c1-22(2)19-28-34(49)40-26(14-8-11-17-38)32(47)44-30(21-24(5)6)36(51)42-27(15-9-12-18-39)33(48)45-29(20-23(3)4)35(50)41-25(31(46)43-28)13-7-10-16-37/h22-30H,7-21,37-39H2,1-6H3,(H,40,49)(H,41,50)(H,42,51)(H,43,46)(H,44,47)(H,45,48)/t25-,26-,27-,28-,29-,30-/m0/s1. The monoisotopic (exact) mass is 724 g/mol. The van der Waals surface area contributed by atoms with Crippen molar-refractivity contribution in [1.29, 1.82) is 0 Å². The van der Waals surface area contributed by atoms with Crippen molar-refractivity contribution in [2.75, 3.05) is 19.6 Å². The Morgan fingerprint density at radius 2 is 0.569 bits per heavy atom. The SMILES string of the molecule is CC(C)C[C@@H]1NC(=O)[C@H](CCCCN)NC(=O)[C@H](CC(C)C)NC(=O)[C@H](CCCCN)NC(=O)[C@H](CC(C)C)NC(=O)[C@H](CCCCN)NC1=O. The summed E-state index contributed by atoms with van der Waals surface area (Å²) in [7, 11) is 0. The number of hydrogen-bond donors (Lipinski definition) is 9.